The summed E-state index contributed by atoms with van der Waals surface area (Å²) >= 11 is 7.51. The predicted octanol–water partition coefficient (Wildman–Crippen LogP) is 3.23. The average molecular weight is 332 g/mol. The summed E-state index contributed by atoms with van der Waals surface area (Å²) < 4.78 is 0.779. The van der Waals surface area contributed by atoms with E-state index in [9.17, 15) is 9.90 Å². The summed E-state index contributed by atoms with van der Waals surface area (Å²) in [6, 6.07) is 3.91. The summed E-state index contributed by atoms with van der Waals surface area (Å²) in [4.78, 5) is 14.4. The van der Waals surface area contributed by atoms with Crippen LogP contribution >= 0.6 is 22.9 Å². The Kier molecular flexibility index (Phi) is 5.66. The van der Waals surface area contributed by atoms with Crippen molar-refractivity contribution in [2.24, 2.45) is 5.92 Å². The molecule has 1 fully saturated rings. The molecule has 0 amide bonds. The van der Waals surface area contributed by atoms with Gasteiger partial charge in [0.05, 0.1) is 15.9 Å². The number of carbonyl (C=O) groups is 1. The molecule has 0 bridgehead atoms. The van der Waals surface area contributed by atoms with Gasteiger partial charge in [-0.3, -0.25) is 9.69 Å². The number of carboxylic acids is 1. The summed E-state index contributed by atoms with van der Waals surface area (Å²) in [6.07, 6.45) is 2.25. The van der Waals surface area contributed by atoms with Crippen molar-refractivity contribution >= 4 is 28.9 Å². The van der Waals surface area contributed by atoms with Crippen LogP contribution in [0.5, 0.6) is 0 Å². The molecule has 1 heterocycles. The van der Waals surface area contributed by atoms with Crippen molar-refractivity contribution in [1.29, 1.82) is 0 Å². The minimum Gasteiger partial charge on any atom is -0.481 e. The van der Waals surface area contributed by atoms with Gasteiger partial charge in [0.25, 0.3) is 0 Å². The zero-order valence-electron chi connectivity index (χ0n) is 12.2. The number of hydrogen-bond acceptors (Lipinski definition) is 4. The van der Waals surface area contributed by atoms with Gasteiger partial charge in [0.2, 0.25) is 0 Å². The normalized spacial score (nSPS) is 26.2. The number of likely N-dealkylation sites (N-methyl/N-ethyl adjacent to an activating group) is 1. The second-order valence-corrected chi connectivity index (χ2v) is 7.65. The molecule has 0 unspecified atom stereocenters. The van der Waals surface area contributed by atoms with Crippen molar-refractivity contribution < 1.29 is 15.0 Å². The Morgan fingerprint density at radius 3 is 2.62 bits per heavy atom. The van der Waals surface area contributed by atoms with Gasteiger partial charge in [-0.05, 0) is 44.4 Å². The Morgan fingerprint density at radius 2 is 2.14 bits per heavy atom. The quantitative estimate of drug-likeness (QED) is 0.840. The first-order valence-corrected chi connectivity index (χ1v) is 8.53. The molecule has 118 valence electrons. The van der Waals surface area contributed by atoms with Gasteiger partial charge >= 0.3 is 5.97 Å². The van der Waals surface area contributed by atoms with Gasteiger partial charge in [-0.25, -0.2) is 0 Å². The van der Waals surface area contributed by atoms with Crippen LogP contribution in [0.3, 0.4) is 0 Å². The number of aliphatic hydroxyl groups is 1. The monoisotopic (exact) mass is 331 g/mol. The zero-order chi connectivity index (χ0) is 15.5. The van der Waals surface area contributed by atoms with Crippen molar-refractivity contribution in [3.63, 3.8) is 0 Å². The minimum absolute atomic E-state index is 0.295. The van der Waals surface area contributed by atoms with Gasteiger partial charge in [0.1, 0.15) is 0 Å². The first-order valence-electron chi connectivity index (χ1n) is 7.33. The van der Waals surface area contributed by atoms with Crippen molar-refractivity contribution in [3.8, 4) is 0 Å². The van der Waals surface area contributed by atoms with Crippen molar-refractivity contribution in [2.75, 3.05) is 13.1 Å². The number of carboxylic acid groups (broad SMARTS) is 1. The third-order valence-corrected chi connectivity index (χ3v) is 5.45. The topological polar surface area (TPSA) is 60.8 Å². The molecule has 1 aromatic heterocycles. The maximum Gasteiger partial charge on any atom is 0.306 e. The van der Waals surface area contributed by atoms with Crippen molar-refractivity contribution in [1.82, 2.24) is 4.90 Å². The van der Waals surface area contributed by atoms with Crippen LogP contribution in [0.15, 0.2) is 12.1 Å². The molecule has 0 saturated heterocycles. The highest BCUT2D eigenvalue weighted by atomic mass is 35.5. The molecule has 1 aliphatic rings. The van der Waals surface area contributed by atoms with E-state index in [1.807, 2.05) is 12.1 Å². The van der Waals surface area contributed by atoms with Gasteiger partial charge in [-0.1, -0.05) is 18.5 Å². The smallest absolute Gasteiger partial charge is 0.306 e. The Bertz CT molecular complexity index is 483. The molecule has 1 saturated carbocycles. The van der Waals surface area contributed by atoms with E-state index in [4.69, 9.17) is 16.7 Å². The fourth-order valence-electron chi connectivity index (χ4n) is 2.91. The zero-order valence-corrected chi connectivity index (χ0v) is 13.8. The molecular formula is C15H22ClNO3S. The first-order chi connectivity index (χ1) is 9.92. The third kappa shape index (κ3) is 4.68. The first kappa shape index (κ1) is 16.7. The van der Waals surface area contributed by atoms with Crippen LogP contribution in [0, 0.1) is 5.92 Å². The summed E-state index contributed by atoms with van der Waals surface area (Å²) in [7, 11) is 0. The Labute approximate surface area is 134 Å². The van der Waals surface area contributed by atoms with Crippen LogP contribution in [-0.4, -0.2) is 39.8 Å². The Hall–Kier alpha value is -0.620. The second-order valence-electron chi connectivity index (χ2n) is 5.85. The molecule has 1 aromatic rings. The van der Waals surface area contributed by atoms with E-state index in [1.165, 1.54) is 4.88 Å². The number of rotatable bonds is 6. The lowest BCUT2D eigenvalue weighted by molar-refractivity contribution is -0.145. The summed E-state index contributed by atoms with van der Waals surface area (Å²) in [5.74, 6) is -1.03. The standard InChI is InChI=1S/C15H22ClNO3S/c1-2-17(9-12-3-4-13(16)21-12)10-15(20)7-5-11(6-8-15)14(18)19/h3-4,11,20H,2,5-10H2,1H3,(H,18,19). The SMILES string of the molecule is CCN(Cc1ccc(Cl)s1)CC1(O)CCC(C(=O)O)CC1. The second kappa shape index (κ2) is 7.09. The van der Waals surface area contributed by atoms with Crippen LogP contribution < -0.4 is 0 Å². The predicted molar refractivity (Wildman–Crippen MR) is 84.8 cm³/mol. The highest BCUT2D eigenvalue weighted by Gasteiger charge is 2.36. The largest absolute Gasteiger partial charge is 0.481 e. The Balaban J connectivity index is 1.90. The Morgan fingerprint density at radius 1 is 1.48 bits per heavy atom. The number of hydrogen-bond donors (Lipinski definition) is 2. The van der Waals surface area contributed by atoms with Crippen molar-refractivity contribution in [3.05, 3.63) is 21.3 Å². The lowest BCUT2D eigenvalue weighted by atomic mass is 9.78. The van der Waals surface area contributed by atoms with E-state index in [0.717, 1.165) is 17.4 Å². The molecule has 0 aliphatic heterocycles. The molecule has 4 nitrogen and oxygen atoms in total. The lowest BCUT2D eigenvalue weighted by Gasteiger charge is -2.38. The van der Waals surface area contributed by atoms with Crippen LogP contribution in [0.1, 0.15) is 37.5 Å². The number of halogens is 1. The third-order valence-electron chi connectivity index (χ3n) is 4.24. The van der Waals surface area contributed by atoms with Gasteiger partial charge in [-0.2, -0.15) is 0 Å². The van der Waals surface area contributed by atoms with Gasteiger partial charge in [0, 0.05) is 18.0 Å². The van der Waals surface area contributed by atoms with E-state index >= 15 is 0 Å². The van der Waals surface area contributed by atoms with E-state index < -0.39 is 11.6 Å². The van der Waals surface area contributed by atoms with Crippen LogP contribution in [0.2, 0.25) is 4.34 Å². The molecule has 21 heavy (non-hydrogen) atoms. The molecule has 0 atom stereocenters. The highest BCUT2D eigenvalue weighted by Crippen LogP contribution is 2.33. The molecule has 6 heteroatoms. The molecule has 2 N–H and O–H groups in total. The maximum atomic E-state index is 11.0. The average Bonchev–Trinajstić information content (AvgIpc) is 2.83. The molecule has 0 aromatic carbocycles. The fourth-order valence-corrected chi connectivity index (χ4v) is 4.04. The lowest BCUT2D eigenvalue weighted by Crippen LogP contribution is -2.46. The van der Waals surface area contributed by atoms with E-state index in [1.54, 1.807) is 11.3 Å². The number of aliphatic carboxylic acids is 1. The van der Waals surface area contributed by atoms with Gasteiger partial charge in [-0.15, -0.1) is 11.3 Å². The molecular weight excluding hydrogens is 310 g/mol. The molecule has 2 rings (SSSR count). The minimum atomic E-state index is -0.761. The van der Waals surface area contributed by atoms with Gasteiger partial charge < -0.3 is 10.2 Å². The van der Waals surface area contributed by atoms with E-state index in [-0.39, 0.29) is 5.92 Å². The van der Waals surface area contributed by atoms with E-state index in [0.29, 0.717) is 32.2 Å². The van der Waals surface area contributed by atoms with Crippen LogP contribution in [-0.2, 0) is 11.3 Å². The molecule has 1 aliphatic carbocycles. The number of thiophene rings is 1. The summed E-state index contributed by atoms with van der Waals surface area (Å²) in [5.41, 5.74) is -0.761. The highest BCUT2D eigenvalue weighted by molar-refractivity contribution is 7.16. The van der Waals surface area contributed by atoms with Crippen molar-refractivity contribution in [2.45, 2.75) is 44.8 Å². The maximum absolute atomic E-state index is 11.0. The van der Waals surface area contributed by atoms with Crippen LogP contribution in [0.25, 0.3) is 0 Å². The summed E-state index contributed by atoms with van der Waals surface area (Å²) in [6.45, 7) is 4.28. The van der Waals surface area contributed by atoms with Crippen LogP contribution in [0.4, 0.5) is 0 Å². The fraction of sp³-hybridized carbons (Fsp3) is 0.667. The van der Waals surface area contributed by atoms with Gasteiger partial charge in [0.15, 0.2) is 0 Å². The van der Waals surface area contributed by atoms with E-state index in [2.05, 4.69) is 11.8 Å². The molecule has 0 radical (unpaired) electrons. The molecule has 0 spiro atoms. The summed E-state index contributed by atoms with van der Waals surface area (Å²) in [5, 5.41) is 19.7. The number of nitrogens with zero attached hydrogens (tertiary/aromatic N) is 1.